The van der Waals surface area contributed by atoms with E-state index in [1.807, 2.05) is 36.4 Å². The van der Waals surface area contributed by atoms with Crippen LogP contribution in [0.3, 0.4) is 0 Å². The van der Waals surface area contributed by atoms with Crippen LogP contribution in [0, 0.1) is 0 Å². The highest BCUT2D eigenvalue weighted by Gasteiger charge is 2.16. The van der Waals surface area contributed by atoms with Crippen molar-refractivity contribution < 1.29 is 4.79 Å². The lowest BCUT2D eigenvalue weighted by Gasteiger charge is -2.19. The molecule has 104 valence electrons. The molecule has 20 heavy (non-hydrogen) atoms. The number of hydrogen-bond donors (Lipinski definition) is 0. The SMILES string of the molecule is CCc1ccccc1C(=O)c1ccc(C(C)(C)C)cc1. The number of aryl methyl sites for hydroxylation is 1. The molecular formula is C19H22O. The van der Waals surface area contributed by atoms with Crippen molar-refractivity contribution in [1.29, 1.82) is 0 Å². The minimum absolute atomic E-state index is 0.114. The second-order valence-electron chi connectivity index (χ2n) is 6.17. The van der Waals surface area contributed by atoms with Crippen LogP contribution in [0.5, 0.6) is 0 Å². The van der Waals surface area contributed by atoms with E-state index in [2.05, 4.69) is 39.8 Å². The predicted molar refractivity (Wildman–Crippen MR) is 84.4 cm³/mol. The molecule has 0 aromatic heterocycles. The Morgan fingerprint density at radius 2 is 1.55 bits per heavy atom. The van der Waals surface area contributed by atoms with E-state index in [4.69, 9.17) is 0 Å². The minimum atomic E-state index is 0.114. The average molecular weight is 266 g/mol. The van der Waals surface area contributed by atoms with Gasteiger partial charge in [-0.3, -0.25) is 4.79 Å². The van der Waals surface area contributed by atoms with Crippen molar-refractivity contribution in [3.63, 3.8) is 0 Å². The van der Waals surface area contributed by atoms with Gasteiger partial charge in [0.1, 0.15) is 0 Å². The van der Waals surface area contributed by atoms with E-state index in [1.165, 1.54) is 5.56 Å². The Morgan fingerprint density at radius 1 is 0.950 bits per heavy atom. The van der Waals surface area contributed by atoms with Gasteiger partial charge < -0.3 is 0 Å². The summed E-state index contributed by atoms with van der Waals surface area (Å²) < 4.78 is 0. The highest BCUT2D eigenvalue weighted by atomic mass is 16.1. The molecule has 0 saturated carbocycles. The normalized spacial score (nSPS) is 11.4. The van der Waals surface area contributed by atoms with Gasteiger partial charge in [-0.05, 0) is 23.0 Å². The van der Waals surface area contributed by atoms with Crippen LogP contribution >= 0.6 is 0 Å². The summed E-state index contributed by atoms with van der Waals surface area (Å²) in [6, 6.07) is 15.8. The first-order valence-electron chi connectivity index (χ1n) is 7.16. The molecule has 0 aliphatic heterocycles. The summed E-state index contributed by atoms with van der Waals surface area (Å²) in [5, 5.41) is 0. The number of carbonyl (C=O) groups excluding carboxylic acids is 1. The second kappa shape index (κ2) is 5.62. The fraction of sp³-hybridized carbons (Fsp3) is 0.316. The Kier molecular flexibility index (Phi) is 4.08. The molecule has 2 aromatic rings. The number of ketones is 1. The van der Waals surface area contributed by atoms with Crippen LogP contribution in [-0.4, -0.2) is 5.78 Å². The van der Waals surface area contributed by atoms with Gasteiger partial charge in [0.15, 0.2) is 5.78 Å². The third-order valence-corrected chi connectivity index (χ3v) is 3.66. The second-order valence-corrected chi connectivity index (χ2v) is 6.17. The molecule has 1 heteroatoms. The maximum absolute atomic E-state index is 12.6. The number of hydrogen-bond acceptors (Lipinski definition) is 1. The molecule has 0 heterocycles. The van der Waals surface area contributed by atoms with E-state index >= 15 is 0 Å². The zero-order valence-corrected chi connectivity index (χ0v) is 12.7. The summed E-state index contributed by atoms with van der Waals surface area (Å²) in [6.07, 6.45) is 0.877. The van der Waals surface area contributed by atoms with Crippen molar-refractivity contribution in [2.45, 2.75) is 39.5 Å². The van der Waals surface area contributed by atoms with E-state index in [0.29, 0.717) is 0 Å². The maximum atomic E-state index is 12.6. The molecule has 0 spiro atoms. The molecule has 0 aliphatic carbocycles. The molecular weight excluding hydrogens is 244 g/mol. The van der Waals surface area contributed by atoms with Gasteiger partial charge in [-0.15, -0.1) is 0 Å². The molecule has 0 aliphatic rings. The summed E-state index contributed by atoms with van der Waals surface area (Å²) in [6.45, 7) is 8.61. The predicted octanol–water partition coefficient (Wildman–Crippen LogP) is 4.78. The van der Waals surface area contributed by atoms with Crippen LogP contribution in [0.1, 0.15) is 54.7 Å². The van der Waals surface area contributed by atoms with Gasteiger partial charge in [-0.2, -0.15) is 0 Å². The van der Waals surface area contributed by atoms with Gasteiger partial charge in [0.2, 0.25) is 0 Å². The first-order valence-corrected chi connectivity index (χ1v) is 7.16. The minimum Gasteiger partial charge on any atom is -0.289 e. The number of carbonyl (C=O) groups is 1. The lowest BCUT2D eigenvalue weighted by Crippen LogP contribution is -2.11. The third-order valence-electron chi connectivity index (χ3n) is 3.66. The smallest absolute Gasteiger partial charge is 0.193 e. The van der Waals surface area contributed by atoms with Crippen LogP contribution in [0.2, 0.25) is 0 Å². The quantitative estimate of drug-likeness (QED) is 0.731. The summed E-state index contributed by atoms with van der Waals surface area (Å²) in [4.78, 5) is 12.6. The van der Waals surface area contributed by atoms with E-state index in [0.717, 1.165) is 23.1 Å². The average Bonchev–Trinajstić information content (AvgIpc) is 2.45. The Balaban J connectivity index is 2.34. The van der Waals surface area contributed by atoms with Crippen LogP contribution < -0.4 is 0 Å². The Labute approximate surface area is 121 Å². The van der Waals surface area contributed by atoms with Crippen molar-refractivity contribution in [1.82, 2.24) is 0 Å². The summed E-state index contributed by atoms with van der Waals surface area (Å²) >= 11 is 0. The fourth-order valence-electron chi connectivity index (χ4n) is 2.33. The van der Waals surface area contributed by atoms with Gasteiger partial charge in [-0.25, -0.2) is 0 Å². The first-order chi connectivity index (χ1) is 9.43. The number of benzene rings is 2. The van der Waals surface area contributed by atoms with Gasteiger partial charge in [0.05, 0.1) is 0 Å². The van der Waals surface area contributed by atoms with E-state index in [9.17, 15) is 4.79 Å². The summed E-state index contributed by atoms with van der Waals surface area (Å²) in [7, 11) is 0. The highest BCUT2D eigenvalue weighted by Crippen LogP contribution is 2.23. The molecule has 0 amide bonds. The molecule has 0 atom stereocenters. The monoisotopic (exact) mass is 266 g/mol. The zero-order valence-electron chi connectivity index (χ0n) is 12.7. The van der Waals surface area contributed by atoms with Gasteiger partial charge in [-0.1, -0.05) is 76.2 Å². The molecule has 0 unspecified atom stereocenters. The van der Waals surface area contributed by atoms with Crippen molar-refractivity contribution >= 4 is 5.78 Å². The summed E-state index contributed by atoms with van der Waals surface area (Å²) in [5.74, 6) is 0.114. The fourth-order valence-corrected chi connectivity index (χ4v) is 2.33. The molecule has 0 bridgehead atoms. The van der Waals surface area contributed by atoms with Crippen molar-refractivity contribution in [2.75, 3.05) is 0 Å². The molecule has 2 rings (SSSR count). The molecule has 0 radical (unpaired) electrons. The molecule has 1 nitrogen and oxygen atoms in total. The third kappa shape index (κ3) is 2.98. The molecule has 0 fully saturated rings. The van der Waals surface area contributed by atoms with Crippen LogP contribution in [0.4, 0.5) is 0 Å². The maximum Gasteiger partial charge on any atom is 0.193 e. The van der Waals surface area contributed by atoms with Crippen LogP contribution in [0.25, 0.3) is 0 Å². The van der Waals surface area contributed by atoms with Crippen LogP contribution in [-0.2, 0) is 11.8 Å². The zero-order chi connectivity index (χ0) is 14.8. The van der Waals surface area contributed by atoms with E-state index in [-0.39, 0.29) is 11.2 Å². The lowest BCUT2D eigenvalue weighted by atomic mass is 9.86. The lowest BCUT2D eigenvalue weighted by molar-refractivity contribution is 0.103. The molecule has 2 aromatic carbocycles. The van der Waals surface area contributed by atoms with Crippen molar-refractivity contribution in [2.24, 2.45) is 0 Å². The van der Waals surface area contributed by atoms with Crippen molar-refractivity contribution in [3.8, 4) is 0 Å². The summed E-state index contributed by atoms with van der Waals surface area (Å²) in [5.41, 5.74) is 4.05. The molecule has 0 N–H and O–H groups in total. The van der Waals surface area contributed by atoms with E-state index < -0.39 is 0 Å². The topological polar surface area (TPSA) is 17.1 Å². The molecule has 0 saturated heterocycles. The number of rotatable bonds is 3. The van der Waals surface area contributed by atoms with Gasteiger partial charge in [0.25, 0.3) is 0 Å². The largest absolute Gasteiger partial charge is 0.289 e. The standard InChI is InChI=1S/C19H22O/c1-5-14-8-6-7-9-17(14)18(20)15-10-12-16(13-11-15)19(2,3)4/h6-13H,5H2,1-4H3. The van der Waals surface area contributed by atoms with Gasteiger partial charge in [0, 0.05) is 11.1 Å². The van der Waals surface area contributed by atoms with Gasteiger partial charge >= 0.3 is 0 Å². The first kappa shape index (κ1) is 14.5. The van der Waals surface area contributed by atoms with Crippen molar-refractivity contribution in [3.05, 3.63) is 70.8 Å². The highest BCUT2D eigenvalue weighted by molar-refractivity contribution is 6.09. The Hall–Kier alpha value is -1.89. The van der Waals surface area contributed by atoms with E-state index in [1.54, 1.807) is 0 Å². The van der Waals surface area contributed by atoms with Crippen LogP contribution in [0.15, 0.2) is 48.5 Å². The Morgan fingerprint density at radius 3 is 2.10 bits per heavy atom. The Bertz CT molecular complexity index is 600.